The Morgan fingerprint density at radius 3 is 1.66 bits per heavy atom. The van der Waals surface area contributed by atoms with Gasteiger partial charge >= 0.3 is 5.97 Å². The first-order chi connectivity index (χ1) is 36.3. The number of aliphatic carboxylic acids is 1. The van der Waals surface area contributed by atoms with E-state index in [1.807, 2.05) is 6.92 Å². The molecule has 28 heteroatoms. The summed E-state index contributed by atoms with van der Waals surface area (Å²) >= 11 is 1.32. The molecule has 9 atom stereocenters. The maximum atomic E-state index is 14.3. The van der Waals surface area contributed by atoms with E-state index in [0.29, 0.717) is 50.0 Å². The molecule has 0 aliphatic rings. The SMILES string of the molecule is CCCC[C@H](NC(=O)[C@H](C)NC(=O)[C@H](CCC(=O)O)NC(=O)[C@H](Cc1ccc([N+](=O)[O-])cc1)NC(=O)[C@H](CCSC)NC(=O)[C@@H](NC(=O)[C@H](CCCN=C(N)N)NC(=O)[C@H](C)NC(=O)[C@@H](N)CCCCN)C(C)C)C(C)=O. The van der Waals surface area contributed by atoms with E-state index in [4.69, 9.17) is 22.9 Å². The highest BCUT2D eigenvalue weighted by Crippen LogP contribution is 2.15. The Kier molecular flexibility index (Phi) is 32.0. The number of carboxylic acid groups (broad SMARTS) is 1. The highest BCUT2D eigenvalue weighted by molar-refractivity contribution is 7.98. The monoisotopic (exact) mass is 1110 g/mol. The van der Waals surface area contributed by atoms with Crippen molar-refractivity contribution in [2.45, 2.75) is 173 Å². The molecule has 1 aromatic rings. The van der Waals surface area contributed by atoms with E-state index in [1.165, 1.54) is 56.8 Å². The lowest BCUT2D eigenvalue weighted by Gasteiger charge is -2.29. The van der Waals surface area contributed by atoms with E-state index in [2.05, 4.69) is 47.5 Å². The number of nitrogens with one attached hydrogen (secondary N) is 8. The van der Waals surface area contributed by atoms with Crippen LogP contribution in [0.2, 0.25) is 0 Å². The van der Waals surface area contributed by atoms with Crippen LogP contribution in [0.25, 0.3) is 0 Å². The van der Waals surface area contributed by atoms with Crippen LogP contribution in [0.15, 0.2) is 29.3 Å². The van der Waals surface area contributed by atoms with Crippen molar-refractivity contribution < 1.29 is 58.0 Å². The number of Topliss-reactive ketones (excluding diaryl/α,β-unsaturated/α-hetero) is 1. The molecule has 0 spiro atoms. The fourth-order valence-corrected chi connectivity index (χ4v) is 7.86. The Hall–Kier alpha value is -6.94. The summed E-state index contributed by atoms with van der Waals surface area (Å²) in [5.74, 6) is -8.71. The molecule has 0 aromatic heterocycles. The van der Waals surface area contributed by atoms with E-state index in [1.54, 1.807) is 20.1 Å². The predicted octanol–water partition coefficient (Wildman–Crippen LogP) is -1.38. The molecule has 432 valence electrons. The van der Waals surface area contributed by atoms with Crippen molar-refractivity contribution in [1.82, 2.24) is 42.5 Å². The molecule has 8 amide bonds. The highest BCUT2D eigenvalue weighted by Gasteiger charge is 2.35. The number of hydrogen-bond acceptors (Lipinski definition) is 16. The zero-order valence-corrected chi connectivity index (χ0v) is 46.0. The van der Waals surface area contributed by atoms with Crippen LogP contribution in [-0.2, 0) is 54.4 Å². The van der Waals surface area contributed by atoms with Gasteiger partial charge in [-0.25, -0.2) is 0 Å². The van der Waals surface area contributed by atoms with Gasteiger partial charge in [0, 0.05) is 31.5 Å². The number of non-ortho nitro benzene ring substituents is 1. The van der Waals surface area contributed by atoms with Gasteiger partial charge in [-0.3, -0.25) is 63.1 Å². The number of unbranched alkanes of at least 4 members (excludes halogenated alkanes) is 2. The zero-order chi connectivity index (χ0) is 58.4. The topological polar surface area (TPSA) is 447 Å². The van der Waals surface area contributed by atoms with Gasteiger partial charge in [-0.05, 0) is 95.8 Å². The summed E-state index contributed by atoms with van der Waals surface area (Å²) in [6.07, 6.45) is 3.79. The van der Waals surface area contributed by atoms with Crippen LogP contribution in [-0.4, -0.2) is 154 Å². The minimum atomic E-state index is -1.59. The fraction of sp³-hybridized carbons (Fsp3) is 0.653. The molecule has 0 radical (unpaired) electrons. The van der Waals surface area contributed by atoms with Crippen molar-refractivity contribution in [3.8, 4) is 0 Å². The first kappa shape index (κ1) is 68.1. The number of carbonyl (C=O) groups excluding carboxylic acids is 9. The van der Waals surface area contributed by atoms with Crippen LogP contribution in [0.3, 0.4) is 0 Å². The molecular formula is C49H82N14O13S. The molecule has 1 rings (SSSR count). The number of nitrogens with zero attached hydrogens (tertiary/aromatic N) is 2. The number of nitrogens with two attached hydrogens (primary N) is 4. The number of hydrogen-bond donors (Lipinski definition) is 13. The van der Waals surface area contributed by atoms with Crippen molar-refractivity contribution in [3.05, 3.63) is 39.9 Å². The second-order valence-corrected chi connectivity index (χ2v) is 19.9. The molecule has 0 fully saturated rings. The largest absolute Gasteiger partial charge is 0.481 e. The Balaban J connectivity index is 3.56. The molecule has 17 N–H and O–H groups in total. The number of ketones is 1. The average Bonchev–Trinajstić information content (AvgIpc) is 3.36. The first-order valence-electron chi connectivity index (χ1n) is 25.6. The number of benzene rings is 1. The summed E-state index contributed by atoms with van der Waals surface area (Å²) < 4.78 is 0. The summed E-state index contributed by atoms with van der Waals surface area (Å²) in [6, 6.07) is -6.25. The number of nitro groups is 1. The summed E-state index contributed by atoms with van der Waals surface area (Å²) in [7, 11) is 0. The second-order valence-electron chi connectivity index (χ2n) is 18.9. The van der Waals surface area contributed by atoms with Crippen molar-refractivity contribution in [3.63, 3.8) is 0 Å². The normalized spacial score (nSPS) is 14.5. The Labute approximate surface area is 453 Å². The van der Waals surface area contributed by atoms with Crippen LogP contribution < -0.4 is 65.5 Å². The summed E-state index contributed by atoms with van der Waals surface area (Å²) in [4.78, 5) is 148. The van der Waals surface area contributed by atoms with Gasteiger partial charge in [0.15, 0.2) is 11.7 Å². The molecule has 0 heterocycles. The number of carbonyl (C=O) groups is 10. The quantitative estimate of drug-likeness (QED) is 0.0119. The number of aliphatic imine (C=N–C) groups is 1. The average molecular weight is 1110 g/mol. The molecule has 0 aliphatic carbocycles. The standard InChI is InChI=1S/C49H82N14O13S/c1-8-9-14-34(30(6)64)57-41(67)29(5)56-44(70)36(20-21-39(65)66)59-47(73)38(26-31-16-18-32(19-17-31)63(75)76)61-45(71)37(22-25-77-7)60-48(74)40(27(2)3)62-46(72)35(15-12-24-54-49(52)53)58-42(68)28(4)55-43(69)33(51)13-10-11-23-50/h16-19,27-29,33-38,40H,8-15,20-26,50-51H2,1-7H3,(H,55,69)(H,56,70)(H,57,67)(H,58,68)(H,59,73)(H,60,74)(H,61,71)(H,62,72)(H,65,66)(H4,52,53,54)/t28-,29-,33-,34-,35-,36-,37-,38-,40-/m0/s1. The molecular weight excluding hydrogens is 1020 g/mol. The van der Waals surface area contributed by atoms with Gasteiger partial charge in [0.2, 0.25) is 47.3 Å². The lowest BCUT2D eigenvalue weighted by Crippen LogP contribution is -2.61. The third kappa shape index (κ3) is 26.6. The van der Waals surface area contributed by atoms with Crippen LogP contribution in [0.4, 0.5) is 5.69 Å². The molecule has 27 nitrogen and oxygen atoms in total. The van der Waals surface area contributed by atoms with Crippen LogP contribution in [0, 0.1) is 16.0 Å². The van der Waals surface area contributed by atoms with E-state index < -0.39 is 131 Å². The number of nitro benzene ring substituents is 1. The minimum absolute atomic E-state index is 0.0142. The Bertz CT molecular complexity index is 2180. The van der Waals surface area contributed by atoms with Crippen LogP contribution >= 0.6 is 11.8 Å². The second kappa shape index (κ2) is 36.2. The Morgan fingerprint density at radius 1 is 0.636 bits per heavy atom. The maximum Gasteiger partial charge on any atom is 0.303 e. The fourth-order valence-electron chi connectivity index (χ4n) is 7.39. The van der Waals surface area contributed by atoms with Crippen molar-refractivity contribution in [2.75, 3.05) is 25.1 Å². The molecule has 1 aromatic carbocycles. The summed E-state index contributed by atoms with van der Waals surface area (Å²) in [5, 5.41) is 41.6. The van der Waals surface area contributed by atoms with E-state index in [0.717, 1.165) is 6.42 Å². The lowest BCUT2D eigenvalue weighted by atomic mass is 10.0. The van der Waals surface area contributed by atoms with Crippen molar-refractivity contribution in [2.24, 2.45) is 33.8 Å². The lowest BCUT2D eigenvalue weighted by molar-refractivity contribution is -0.384. The van der Waals surface area contributed by atoms with E-state index in [9.17, 15) is 63.2 Å². The third-order valence-electron chi connectivity index (χ3n) is 12.0. The Morgan fingerprint density at radius 2 is 1.13 bits per heavy atom. The molecule has 0 bridgehead atoms. The smallest absolute Gasteiger partial charge is 0.303 e. The summed E-state index contributed by atoms with van der Waals surface area (Å²) in [5.41, 5.74) is 22.5. The van der Waals surface area contributed by atoms with Crippen molar-refractivity contribution in [1.29, 1.82) is 0 Å². The number of amides is 8. The van der Waals surface area contributed by atoms with Crippen molar-refractivity contribution >= 4 is 82.4 Å². The number of carboxylic acids is 1. The first-order valence-corrected chi connectivity index (χ1v) is 27.0. The molecule has 0 saturated carbocycles. The van der Waals surface area contributed by atoms with Gasteiger partial charge in [-0.15, -0.1) is 0 Å². The summed E-state index contributed by atoms with van der Waals surface area (Å²) in [6.45, 7) is 9.69. The van der Waals surface area contributed by atoms with Gasteiger partial charge in [0.25, 0.3) is 5.69 Å². The van der Waals surface area contributed by atoms with Gasteiger partial charge in [-0.2, -0.15) is 11.8 Å². The minimum Gasteiger partial charge on any atom is -0.481 e. The zero-order valence-electron chi connectivity index (χ0n) is 45.1. The predicted molar refractivity (Wildman–Crippen MR) is 289 cm³/mol. The van der Waals surface area contributed by atoms with Crippen LogP contribution in [0.5, 0.6) is 0 Å². The van der Waals surface area contributed by atoms with Gasteiger partial charge < -0.3 is 70.6 Å². The van der Waals surface area contributed by atoms with Gasteiger partial charge in [-0.1, -0.05) is 52.2 Å². The molecule has 0 aliphatic heterocycles. The number of thioether (sulfide) groups is 1. The van der Waals surface area contributed by atoms with Crippen LogP contribution in [0.1, 0.15) is 118 Å². The maximum absolute atomic E-state index is 14.3. The van der Waals surface area contributed by atoms with Gasteiger partial charge in [0.05, 0.1) is 17.0 Å². The molecule has 0 saturated heterocycles. The number of rotatable bonds is 38. The highest BCUT2D eigenvalue weighted by atomic mass is 32.2. The third-order valence-corrected chi connectivity index (χ3v) is 12.7. The molecule has 0 unspecified atom stereocenters. The van der Waals surface area contributed by atoms with Gasteiger partial charge in [0.1, 0.15) is 42.3 Å². The van der Waals surface area contributed by atoms with E-state index in [-0.39, 0.29) is 49.7 Å². The number of guanidine groups is 1. The van der Waals surface area contributed by atoms with E-state index >= 15 is 0 Å². The molecule has 77 heavy (non-hydrogen) atoms.